The zero-order chi connectivity index (χ0) is 13.6. The molecule has 1 N–H and O–H groups in total. The van der Waals surface area contributed by atoms with Gasteiger partial charge in [-0.15, -0.1) is 0 Å². The van der Waals surface area contributed by atoms with Crippen molar-refractivity contribution < 1.29 is 0 Å². The van der Waals surface area contributed by atoms with E-state index in [0.717, 1.165) is 24.4 Å². The summed E-state index contributed by atoms with van der Waals surface area (Å²) in [7, 11) is 0. The molecule has 1 heterocycles. The van der Waals surface area contributed by atoms with Crippen LogP contribution in [-0.2, 0) is 13.0 Å². The van der Waals surface area contributed by atoms with Crippen molar-refractivity contribution in [3.8, 4) is 0 Å². The first-order chi connectivity index (χ1) is 9.77. The standard InChI is InChI=1S/C17H27N3/c1-2-20-11-14(10-19-20)9-17(12-18-16-5-6-16)8-13-3-4-15(17)7-13/h10-11,13,15-16,18H,2-9,12H2,1H3. The van der Waals surface area contributed by atoms with E-state index in [2.05, 4.69) is 34.4 Å². The number of aromatic nitrogens is 2. The fraction of sp³-hybridized carbons (Fsp3) is 0.824. The van der Waals surface area contributed by atoms with Crippen LogP contribution in [0.4, 0.5) is 0 Å². The average Bonchev–Trinajstić information content (AvgIpc) is 2.87. The second-order valence-corrected chi connectivity index (χ2v) is 7.48. The van der Waals surface area contributed by atoms with Crippen LogP contribution >= 0.6 is 0 Å². The lowest BCUT2D eigenvalue weighted by atomic mass is 9.69. The maximum Gasteiger partial charge on any atom is 0.0521 e. The van der Waals surface area contributed by atoms with E-state index in [1.54, 1.807) is 0 Å². The average molecular weight is 273 g/mol. The molecule has 3 aliphatic carbocycles. The van der Waals surface area contributed by atoms with Gasteiger partial charge in [-0.1, -0.05) is 6.42 Å². The van der Waals surface area contributed by atoms with E-state index in [9.17, 15) is 0 Å². The molecule has 3 nitrogen and oxygen atoms in total. The summed E-state index contributed by atoms with van der Waals surface area (Å²) in [6.07, 6.45) is 14.3. The largest absolute Gasteiger partial charge is 0.313 e. The van der Waals surface area contributed by atoms with Crippen molar-refractivity contribution in [3.63, 3.8) is 0 Å². The maximum absolute atomic E-state index is 4.47. The molecular formula is C17H27N3. The van der Waals surface area contributed by atoms with Crippen LogP contribution < -0.4 is 5.32 Å². The van der Waals surface area contributed by atoms with E-state index in [1.807, 2.05) is 0 Å². The molecular weight excluding hydrogens is 246 g/mol. The Hall–Kier alpha value is -0.830. The summed E-state index contributed by atoms with van der Waals surface area (Å²) >= 11 is 0. The van der Waals surface area contributed by atoms with Gasteiger partial charge in [-0.05, 0) is 68.3 Å². The normalized spacial score (nSPS) is 35.9. The summed E-state index contributed by atoms with van der Waals surface area (Å²) in [6, 6.07) is 0.837. The van der Waals surface area contributed by atoms with Crippen molar-refractivity contribution in [2.24, 2.45) is 17.3 Å². The zero-order valence-corrected chi connectivity index (χ0v) is 12.6. The summed E-state index contributed by atoms with van der Waals surface area (Å²) in [5, 5.41) is 8.31. The fourth-order valence-electron chi connectivity index (χ4n) is 4.77. The third-order valence-electron chi connectivity index (χ3n) is 5.99. The van der Waals surface area contributed by atoms with Crippen LogP contribution in [0.15, 0.2) is 12.4 Å². The minimum Gasteiger partial charge on any atom is -0.313 e. The Labute approximate surface area is 122 Å². The van der Waals surface area contributed by atoms with Crippen LogP contribution in [0, 0.1) is 17.3 Å². The fourth-order valence-corrected chi connectivity index (χ4v) is 4.77. The van der Waals surface area contributed by atoms with E-state index in [1.165, 1.54) is 57.1 Å². The van der Waals surface area contributed by atoms with Gasteiger partial charge in [-0.2, -0.15) is 5.10 Å². The summed E-state index contributed by atoms with van der Waals surface area (Å²) in [6.45, 7) is 4.40. The number of hydrogen-bond acceptors (Lipinski definition) is 2. The van der Waals surface area contributed by atoms with Crippen LogP contribution in [0.1, 0.15) is 51.0 Å². The van der Waals surface area contributed by atoms with Gasteiger partial charge < -0.3 is 5.32 Å². The number of nitrogens with one attached hydrogen (secondary N) is 1. The monoisotopic (exact) mass is 273 g/mol. The predicted molar refractivity (Wildman–Crippen MR) is 80.5 cm³/mol. The second kappa shape index (κ2) is 4.87. The molecule has 0 saturated heterocycles. The highest BCUT2D eigenvalue weighted by Gasteiger charge is 2.50. The second-order valence-electron chi connectivity index (χ2n) is 7.48. The Morgan fingerprint density at radius 1 is 1.35 bits per heavy atom. The van der Waals surface area contributed by atoms with Gasteiger partial charge in [0.1, 0.15) is 0 Å². The first-order valence-corrected chi connectivity index (χ1v) is 8.52. The predicted octanol–water partition coefficient (Wildman–Crippen LogP) is 3.00. The third-order valence-corrected chi connectivity index (χ3v) is 5.99. The number of rotatable bonds is 6. The van der Waals surface area contributed by atoms with Crippen LogP contribution in [0.25, 0.3) is 0 Å². The highest BCUT2D eigenvalue weighted by atomic mass is 15.3. The molecule has 0 aromatic carbocycles. The summed E-state index contributed by atoms with van der Waals surface area (Å²) in [5.74, 6) is 1.98. The molecule has 3 aliphatic rings. The van der Waals surface area contributed by atoms with Gasteiger partial charge in [-0.25, -0.2) is 0 Å². The van der Waals surface area contributed by atoms with E-state index in [-0.39, 0.29) is 0 Å². The number of aryl methyl sites for hydroxylation is 1. The highest BCUT2D eigenvalue weighted by molar-refractivity contribution is 5.13. The molecule has 3 saturated carbocycles. The van der Waals surface area contributed by atoms with Gasteiger partial charge in [0, 0.05) is 25.3 Å². The highest BCUT2D eigenvalue weighted by Crippen LogP contribution is 2.57. The topological polar surface area (TPSA) is 29.9 Å². The van der Waals surface area contributed by atoms with Gasteiger partial charge in [0.15, 0.2) is 0 Å². The molecule has 4 rings (SSSR count). The first kappa shape index (κ1) is 12.9. The molecule has 0 spiro atoms. The van der Waals surface area contributed by atoms with Gasteiger partial charge in [0.2, 0.25) is 0 Å². The quantitative estimate of drug-likeness (QED) is 0.863. The Kier molecular flexibility index (Phi) is 3.13. The van der Waals surface area contributed by atoms with Gasteiger partial charge in [0.25, 0.3) is 0 Å². The van der Waals surface area contributed by atoms with Gasteiger partial charge >= 0.3 is 0 Å². The molecule has 0 radical (unpaired) electrons. The summed E-state index contributed by atoms with van der Waals surface area (Å²) < 4.78 is 2.07. The SMILES string of the molecule is CCn1cc(CC2(CNC3CC3)CC3CCC2C3)cn1. The van der Waals surface area contributed by atoms with E-state index in [4.69, 9.17) is 0 Å². The van der Waals surface area contributed by atoms with Crippen molar-refractivity contribution in [3.05, 3.63) is 18.0 Å². The Bertz CT molecular complexity index is 476. The van der Waals surface area contributed by atoms with Gasteiger partial charge in [0.05, 0.1) is 6.20 Å². The lowest BCUT2D eigenvalue weighted by Crippen LogP contribution is -2.41. The minimum atomic E-state index is 0.535. The Morgan fingerprint density at radius 2 is 2.25 bits per heavy atom. The molecule has 1 aromatic heterocycles. The number of nitrogens with zero attached hydrogens (tertiary/aromatic N) is 2. The molecule has 2 bridgehead atoms. The first-order valence-electron chi connectivity index (χ1n) is 8.52. The third kappa shape index (κ3) is 2.30. The van der Waals surface area contributed by atoms with Crippen molar-refractivity contribution >= 4 is 0 Å². The molecule has 0 amide bonds. The Balaban J connectivity index is 1.51. The molecule has 3 unspecified atom stereocenters. The molecule has 20 heavy (non-hydrogen) atoms. The molecule has 110 valence electrons. The Morgan fingerprint density at radius 3 is 2.85 bits per heavy atom. The minimum absolute atomic E-state index is 0.535. The van der Waals surface area contributed by atoms with Crippen LogP contribution in [0.5, 0.6) is 0 Å². The smallest absolute Gasteiger partial charge is 0.0521 e. The molecule has 1 aromatic rings. The van der Waals surface area contributed by atoms with E-state index in [0.29, 0.717) is 5.41 Å². The number of fused-ring (bicyclic) bond motifs is 2. The van der Waals surface area contributed by atoms with Gasteiger partial charge in [-0.3, -0.25) is 4.68 Å². The van der Waals surface area contributed by atoms with E-state index < -0.39 is 0 Å². The molecule has 3 atom stereocenters. The van der Waals surface area contributed by atoms with Crippen LogP contribution in [-0.4, -0.2) is 22.4 Å². The lowest BCUT2D eigenvalue weighted by molar-refractivity contribution is 0.155. The summed E-state index contributed by atoms with van der Waals surface area (Å²) in [5.41, 5.74) is 1.99. The van der Waals surface area contributed by atoms with Crippen molar-refractivity contribution in [1.29, 1.82) is 0 Å². The van der Waals surface area contributed by atoms with Crippen molar-refractivity contribution in [1.82, 2.24) is 15.1 Å². The van der Waals surface area contributed by atoms with E-state index >= 15 is 0 Å². The molecule has 0 aliphatic heterocycles. The number of hydrogen-bond donors (Lipinski definition) is 1. The lowest BCUT2D eigenvalue weighted by Gasteiger charge is -2.38. The van der Waals surface area contributed by atoms with Crippen molar-refractivity contribution in [2.45, 2.75) is 64.5 Å². The van der Waals surface area contributed by atoms with Crippen LogP contribution in [0.2, 0.25) is 0 Å². The molecule has 3 fully saturated rings. The van der Waals surface area contributed by atoms with Crippen LogP contribution in [0.3, 0.4) is 0 Å². The zero-order valence-electron chi connectivity index (χ0n) is 12.6. The molecule has 3 heteroatoms. The maximum atomic E-state index is 4.47. The summed E-state index contributed by atoms with van der Waals surface area (Å²) in [4.78, 5) is 0. The van der Waals surface area contributed by atoms with Crippen molar-refractivity contribution in [2.75, 3.05) is 6.54 Å².